The lowest BCUT2D eigenvalue weighted by molar-refractivity contribution is -0.149. The van der Waals surface area contributed by atoms with E-state index in [-0.39, 0.29) is 12.1 Å². The normalized spacial score (nSPS) is 12.4. The maximum Gasteiger partial charge on any atom is 0.306 e. The Bertz CT molecular complexity index is 298. The first-order valence-corrected chi connectivity index (χ1v) is 6.53. The zero-order chi connectivity index (χ0) is 11.8. The number of nitrogens with one attached hydrogen (secondary N) is 1. The van der Waals surface area contributed by atoms with Gasteiger partial charge in [-0.2, -0.15) is 0 Å². The smallest absolute Gasteiger partial charge is 0.306 e. The molecule has 1 rings (SSSR count). The van der Waals surface area contributed by atoms with Gasteiger partial charge in [0.15, 0.2) is 0 Å². The molecule has 0 aliphatic heterocycles. The fourth-order valence-corrected chi connectivity index (χ4v) is 2.22. The highest BCUT2D eigenvalue weighted by atomic mass is 32.1. The molecule has 16 heavy (non-hydrogen) atoms. The summed E-state index contributed by atoms with van der Waals surface area (Å²) in [7, 11) is 1.90. The van der Waals surface area contributed by atoms with Crippen molar-refractivity contribution in [3.05, 3.63) is 22.4 Å². The SMILES string of the molecule is CCCC(=O)O[C@@H](CCNC)c1cccs1. The van der Waals surface area contributed by atoms with E-state index in [0.29, 0.717) is 6.42 Å². The first-order valence-electron chi connectivity index (χ1n) is 5.65. The van der Waals surface area contributed by atoms with Crippen molar-refractivity contribution in [3.63, 3.8) is 0 Å². The number of carbonyl (C=O) groups is 1. The minimum absolute atomic E-state index is 0.0912. The van der Waals surface area contributed by atoms with Gasteiger partial charge in [0.2, 0.25) is 0 Å². The highest BCUT2D eigenvalue weighted by Gasteiger charge is 2.16. The molecular formula is C12H19NO2S. The molecule has 1 N–H and O–H groups in total. The van der Waals surface area contributed by atoms with Gasteiger partial charge in [0, 0.05) is 17.7 Å². The first-order chi connectivity index (χ1) is 7.77. The average molecular weight is 241 g/mol. The van der Waals surface area contributed by atoms with Crippen LogP contribution in [0.15, 0.2) is 17.5 Å². The number of esters is 1. The van der Waals surface area contributed by atoms with Crippen molar-refractivity contribution in [2.24, 2.45) is 0 Å². The summed E-state index contributed by atoms with van der Waals surface area (Å²) < 4.78 is 5.47. The van der Waals surface area contributed by atoms with E-state index in [2.05, 4.69) is 5.32 Å². The Kier molecular flexibility index (Phi) is 6.11. The molecule has 1 atom stereocenters. The number of rotatable bonds is 7. The van der Waals surface area contributed by atoms with Crippen LogP contribution in [0, 0.1) is 0 Å². The Morgan fingerprint density at radius 1 is 1.62 bits per heavy atom. The number of thiophene rings is 1. The molecule has 90 valence electrons. The largest absolute Gasteiger partial charge is 0.457 e. The molecule has 0 bridgehead atoms. The van der Waals surface area contributed by atoms with Crippen molar-refractivity contribution in [2.45, 2.75) is 32.3 Å². The summed E-state index contributed by atoms with van der Waals surface area (Å²) in [5, 5.41) is 5.09. The van der Waals surface area contributed by atoms with Crippen molar-refractivity contribution in [2.75, 3.05) is 13.6 Å². The molecule has 0 radical (unpaired) electrons. The van der Waals surface area contributed by atoms with Crippen LogP contribution in [0.3, 0.4) is 0 Å². The second-order valence-corrected chi connectivity index (χ2v) is 4.62. The zero-order valence-electron chi connectivity index (χ0n) is 9.86. The predicted octanol–water partition coefficient (Wildman–Crippen LogP) is 2.74. The lowest BCUT2D eigenvalue weighted by Crippen LogP contribution is -2.16. The molecule has 1 aromatic rings. The average Bonchev–Trinajstić information content (AvgIpc) is 2.77. The van der Waals surface area contributed by atoms with Crippen LogP contribution in [0.1, 0.15) is 37.2 Å². The van der Waals surface area contributed by atoms with E-state index in [1.54, 1.807) is 11.3 Å². The summed E-state index contributed by atoms with van der Waals surface area (Å²) in [4.78, 5) is 12.6. The minimum Gasteiger partial charge on any atom is -0.457 e. The highest BCUT2D eigenvalue weighted by molar-refractivity contribution is 7.10. The van der Waals surface area contributed by atoms with Gasteiger partial charge in [-0.3, -0.25) is 4.79 Å². The van der Waals surface area contributed by atoms with Crippen molar-refractivity contribution in [1.82, 2.24) is 5.32 Å². The molecule has 0 amide bonds. The molecular weight excluding hydrogens is 222 g/mol. The summed E-state index contributed by atoms with van der Waals surface area (Å²) in [6.45, 7) is 2.83. The topological polar surface area (TPSA) is 38.3 Å². The maximum absolute atomic E-state index is 11.5. The maximum atomic E-state index is 11.5. The lowest BCUT2D eigenvalue weighted by atomic mass is 10.2. The number of carbonyl (C=O) groups excluding carboxylic acids is 1. The molecule has 0 spiro atoms. The molecule has 3 nitrogen and oxygen atoms in total. The summed E-state index contributed by atoms with van der Waals surface area (Å²) in [6.07, 6.45) is 2.07. The molecule has 0 fully saturated rings. The minimum atomic E-state index is -0.1000. The molecule has 0 saturated carbocycles. The Morgan fingerprint density at radius 2 is 2.44 bits per heavy atom. The van der Waals surface area contributed by atoms with Gasteiger partial charge in [0.05, 0.1) is 0 Å². The Labute approximate surface area is 101 Å². The van der Waals surface area contributed by atoms with E-state index < -0.39 is 0 Å². The monoisotopic (exact) mass is 241 g/mol. The standard InChI is InChI=1S/C12H19NO2S/c1-3-5-12(14)15-10(7-8-13-2)11-6-4-9-16-11/h4,6,9-10,13H,3,5,7-8H2,1-2H3/t10-/m0/s1. The first kappa shape index (κ1) is 13.2. The van der Waals surface area contributed by atoms with E-state index in [1.165, 1.54) is 0 Å². The van der Waals surface area contributed by atoms with Crippen LogP contribution in [-0.2, 0) is 9.53 Å². The molecule has 0 saturated heterocycles. The van der Waals surface area contributed by atoms with Gasteiger partial charge in [-0.05, 0) is 31.5 Å². The zero-order valence-corrected chi connectivity index (χ0v) is 10.7. The number of hydrogen-bond donors (Lipinski definition) is 1. The van der Waals surface area contributed by atoms with E-state index in [0.717, 1.165) is 24.3 Å². The second-order valence-electron chi connectivity index (χ2n) is 3.64. The van der Waals surface area contributed by atoms with Gasteiger partial charge in [-0.25, -0.2) is 0 Å². The summed E-state index contributed by atoms with van der Waals surface area (Å²) in [6, 6.07) is 4.00. The van der Waals surface area contributed by atoms with Crippen LogP contribution in [0.5, 0.6) is 0 Å². The van der Waals surface area contributed by atoms with Crippen molar-refractivity contribution < 1.29 is 9.53 Å². The molecule has 0 unspecified atom stereocenters. The van der Waals surface area contributed by atoms with Gasteiger partial charge in [-0.1, -0.05) is 13.0 Å². The molecule has 0 aromatic carbocycles. The van der Waals surface area contributed by atoms with Crippen LogP contribution >= 0.6 is 11.3 Å². The number of hydrogen-bond acceptors (Lipinski definition) is 4. The van der Waals surface area contributed by atoms with E-state index in [9.17, 15) is 4.79 Å². The van der Waals surface area contributed by atoms with Gasteiger partial charge in [-0.15, -0.1) is 11.3 Å². The fourth-order valence-electron chi connectivity index (χ4n) is 1.43. The van der Waals surface area contributed by atoms with Crippen LogP contribution in [-0.4, -0.2) is 19.6 Å². The third kappa shape index (κ3) is 4.33. The molecule has 1 heterocycles. The fraction of sp³-hybridized carbons (Fsp3) is 0.583. The Morgan fingerprint density at radius 3 is 3.00 bits per heavy atom. The molecule has 4 heteroatoms. The summed E-state index contributed by atoms with van der Waals surface area (Å²) >= 11 is 1.64. The van der Waals surface area contributed by atoms with E-state index in [4.69, 9.17) is 4.74 Å². The van der Waals surface area contributed by atoms with Crippen LogP contribution in [0.2, 0.25) is 0 Å². The molecule has 0 aliphatic carbocycles. The lowest BCUT2D eigenvalue weighted by Gasteiger charge is -2.16. The Balaban J connectivity index is 2.54. The highest BCUT2D eigenvalue weighted by Crippen LogP contribution is 2.25. The van der Waals surface area contributed by atoms with Crippen molar-refractivity contribution in [1.29, 1.82) is 0 Å². The summed E-state index contributed by atoms with van der Waals surface area (Å²) in [5.41, 5.74) is 0. The van der Waals surface area contributed by atoms with Crippen LogP contribution in [0.25, 0.3) is 0 Å². The third-order valence-electron chi connectivity index (χ3n) is 2.24. The number of ether oxygens (including phenoxy) is 1. The van der Waals surface area contributed by atoms with E-state index in [1.807, 2.05) is 31.5 Å². The Hall–Kier alpha value is -0.870. The van der Waals surface area contributed by atoms with Crippen LogP contribution in [0.4, 0.5) is 0 Å². The third-order valence-corrected chi connectivity index (χ3v) is 3.21. The van der Waals surface area contributed by atoms with Gasteiger partial charge in [0.25, 0.3) is 0 Å². The van der Waals surface area contributed by atoms with Crippen molar-refractivity contribution in [3.8, 4) is 0 Å². The van der Waals surface area contributed by atoms with Crippen LogP contribution < -0.4 is 5.32 Å². The van der Waals surface area contributed by atoms with E-state index >= 15 is 0 Å². The quantitative estimate of drug-likeness (QED) is 0.746. The van der Waals surface area contributed by atoms with Gasteiger partial charge < -0.3 is 10.1 Å². The van der Waals surface area contributed by atoms with Crippen molar-refractivity contribution >= 4 is 17.3 Å². The molecule has 0 aliphatic rings. The summed E-state index contributed by atoms with van der Waals surface area (Å²) in [5.74, 6) is -0.1000. The van der Waals surface area contributed by atoms with Gasteiger partial charge >= 0.3 is 5.97 Å². The molecule has 1 aromatic heterocycles. The van der Waals surface area contributed by atoms with Gasteiger partial charge in [0.1, 0.15) is 6.10 Å². The second kappa shape index (κ2) is 7.41. The predicted molar refractivity (Wildman–Crippen MR) is 66.6 cm³/mol.